The van der Waals surface area contributed by atoms with Gasteiger partial charge < -0.3 is 14.6 Å². The summed E-state index contributed by atoms with van der Waals surface area (Å²) in [5.74, 6) is -0.577. The van der Waals surface area contributed by atoms with E-state index in [1.165, 1.54) is 154 Å². The maximum atomic E-state index is 12.1. The van der Waals surface area contributed by atoms with E-state index in [0.717, 1.165) is 32.1 Å². The molecule has 1 atom stereocenters. The monoisotopic (exact) mass is 611 g/mol. The first-order valence-electron chi connectivity index (χ1n) is 19.1. The zero-order valence-electron chi connectivity index (χ0n) is 29.0. The second-order valence-electron chi connectivity index (χ2n) is 13.0. The number of hydrogen-bond acceptors (Lipinski definition) is 5. The number of rotatable bonds is 35. The minimum absolute atomic E-state index is 0.0572. The summed E-state index contributed by atoms with van der Waals surface area (Å²) in [4.78, 5) is 24.2. The molecule has 0 aliphatic heterocycles. The first-order valence-corrected chi connectivity index (χ1v) is 19.1. The first kappa shape index (κ1) is 41.9. The molecule has 0 heterocycles. The van der Waals surface area contributed by atoms with Crippen molar-refractivity contribution in [3.8, 4) is 0 Å². The Bertz CT molecular complexity index is 579. The van der Waals surface area contributed by atoms with Crippen LogP contribution >= 0.6 is 0 Å². The van der Waals surface area contributed by atoms with E-state index in [0.29, 0.717) is 12.8 Å². The van der Waals surface area contributed by atoms with Crippen LogP contribution in [0.1, 0.15) is 213 Å². The Balaban J connectivity index is 3.49. The van der Waals surface area contributed by atoms with E-state index in [1.807, 2.05) is 0 Å². The third-order valence-corrected chi connectivity index (χ3v) is 8.65. The molecule has 0 rings (SSSR count). The number of carbonyl (C=O) groups is 2. The highest BCUT2D eigenvalue weighted by Gasteiger charge is 2.16. The van der Waals surface area contributed by atoms with Crippen molar-refractivity contribution < 1.29 is 24.2 Å². The van der Waals surface area contributed by atoms with Crippen LogP contribution in [-0.4, -0.2) is 36.4 Å². The van der Waals surface area contributed by atoms with Crippen LogP contribution < -0.4 is 0 Å². The average molecular weight is 611 g/mol. The number of esters is 2. The Labute approximate surface area is 268 Å². The number of aliphatic hydroxyl groups is 1. The van der Waals surface area contributed by atoms with Gasteiger partial charge >= 0.3 is 11.9 Å². The van der Waals surface area contributed by atoms with E-state index >= 15 is 0 Å². The Hall–Kier alpha value is -1.10. The van der Waals surface area contributed by atoms with Crippen molar-refractivity contribution in [2.75, 3.05) is 13.2 Å². The quantitative estimate of drug-likeness (QED) is 0.0571. The van der Waals surface area contributed by atoms with Crippen molar-refractivity contribution in [1.82, 2.24) is 0 Å². The van der Waals surface area contributed by atoms with Gasteiger partial charge in [0.25, 0.3) is 0 Å². The minimum Gasteiger partial charge on any atom is -0.462 e. The Morgan fingerprint density at radius 2 is 0.721 bits per heavy atom. The summed E-state index contributed by atoms with van der Waals surface area (Å²) in [5, 5.41) is 9.53. The molecule has 0 aliphatic carbocycles. The molecule has 0 fully saturated rings. The van der Waals surface area contributed by atoms with E-state index < -0.39 is 6.10 Å². The van der Waals surface area contributed by atoms with Gasteiger partial charge in [0.1, 0.15) is 6.61 Å². The summed E-state index contributed by atoms with van der Waals surface area (Å²) >= 11 is 0. The van der Waals surface area contributed by atoms with E-state index in [4.69, 9.17) is 9.47 Å². The molecule has 0 aromatic heterocycles. The number of hydrogen-bond donors (Lipinski definition) is 1. The smallest absolute Gasteiger partial charge is 0.306 e. The van der Waals surface area contributed by atoms with E-state index in [-0.39, 0.29) is 25.2 Å². The molecule has 0 saturated heterocycles. The zero-order chi connectivity index (χ0) is 31.5. The van der Waals surface area contributed by atoms with Crippen molar-refractivity contribution in [2.24, 2.45) is 0 Å². The van der Waals surface area contributed by atoms with Crippen molar-refractivity contribution in [3.05, 3.63) is 0 Å². The third-order valence-electron chi connectivity index (χ3n) is 8.65. The summed E-state index contributed by atoms with van der Waals surface area (Å²) in [7, 11) is 0. The van der Waals surface area contributed by atoms with Gasteiger partial charge in [-0.05, 0) is 12.8 Å². The highest BCUT2D eigenvalue weighted by Crippen LogP contribution is 2.15. The number of carbonyl (C=O) groups excluding carboxylic acids is 2. The normalized spacial score (nSPS) is 12.0. The molecule has 0 unspecified atom stereocenters. The topological polar surface area (TPSA) is 72.8 Å². The molecule has 0 spiro atoms. The molecule has 0 aromatic rings. The van der Waals surface area contributed by atoms with Crippen molar-refractivity contribution >= 4 is 11.9 Å². The molecule has 0 bridgehead atoms. The second kappa shape index (κ2) is 35.4. The fraction of sp³-hybridized carbons (Fsp3) is 0.947. The van der Waals surface area contributed by atoms with E-state index in [2.05, 4.69) is 13.8 Å². The molecule has 1 N–H and O–H groups in total. The predicted molar refractivity (Wildman–Crippen MR) is 182 cm³/mol. The lowest BCUT2D eigenvalue weighted by molar-refractivity contribution is -0.161. The van der Waals surface area contributed by atoms with Gasteiger partial charge in [-0.2, -0.15) is 0 Å². The molecule has 5 heteroatoms. The SMILES string of the molecule is CCCCCCCCCCCCCCCCCCCC(=O)O[C@@H](CO)COC(=O)CCCCCCCCCCCCCC. The zero-order valence-corrected chi connectivity index (χ0v) is 29.0. The Kier molecular flexibility index (Phi) is 34.5. The van der Waals surface area contributed by atoms with Crippen molar-refractivity contribution in [2.45, 2.75) is 219 Å². The van der Waals surface area contributed by atoms with Gasteiger partial charge in [-0.1, -0.05) is 187 Å². The van der Waals surface area contributed by atoms with Crippen LogP contribution in [0.4, 0.5) is 0 Å². The van der Waals surface area contributed by atoms with Crippen LogP contribution in [0.3, 0.4) is 0 Å². The van der Waals surface area contributed by atoms with Crippen LogP contribution in [0.25, 0.3) is 0 Å². The van der Waals surface area contributed by atoms with Gasteiger partial charge in [-0.25, -0.2) is 0 Å². The Morgan fingerprint density at radius 1 is 0.442 bits per heavy atom. The lowest BCUT2D eigenvalue weighted by atomic mass is 10.0. The maximum Gasteiger partial charge on any atom is 0.306 e. The molecule has 43 heavy (non-hydrogen) atoms. The maximum absolute atomic E-state index is 12.1. The van der Waals surface area contributed by atoms with Gasteiger partial charge in [-0.3, -0.25) is 9.59 Å². The number of unbranched alkanes of at least 4 members (excludes halogenated alkanes) is 27. The third kappa shape index (κ3) is 33.6. The van der Waals surface area contributed by atoms with Gasteiger partial charge in [0.2, 0.25) is 0 Å². The van der Waals surface area contributed by atoms with Gasteiger partial charge in [0.05, 0.1) is 6.61 Å². The largest absolute Gasteiger partial charge is 0.462 e. The first-order chi connectivity index (χ1) is 21.1. The van der Waals surface area contributed by atoms with E-state index in [1.54, 1.807) is 0 Å². The average Bonchev–Trinajstić information content (AvgIpc) is 3.01. The van der Waals surface area contributed by atoms with Crippen LogP contribution in [0.2, 0.25) is 0 Å². The van der Waals surface area contributed by atoms with Gasteiger partial charge in [0.15, 0.2) is 6.10 Å². The summed E-state index contributed by atoms with van der Waals surface area (Å²) in [6, 6.07) is 0. The summed E-state index contributed by atoms with van der Waals surface area (Å²) < 4.78 is 10.6. The molecule has 5 nitrogen and oxygen atoms in total. The molecule has 0 amide bonds. The van der Waals surface area contributed by atoms with Gasteiger partial charge in [0, 0.05) is 12.8 Å². The molecule has 0 aliphatic rings. The highest BCUT2D eigenvalue weighted by molar-refractivity contribution is 5.70. The van der Waals surface area contributed by atoms with Crippen molar-refractivity contribution in [1.29, 1.82) is 0 Å². The summed E-state index contributed by atoms with van der Waals surface area (Å²) in [6.07, 6.45) is 37.3. The number of ether oxygens (including phenoxy) is 2. The fourth-order valence-corrected chi connectivity index (χ4v) is 5.73. The fourth-order valence-electron chi connectivity index (χ4n) is 5.73. The van der Waals surface area contributed by atoms with Crippen LogP contribution in [-0.2, 0) is 19.1 Å². The summed E-state index contributed by atoms with van der Waals surface area (Å²) in [6.45, 7) is 4.15. The molecule has 0 saturated carbocycles. The standard InChI is InChI=1S/C38H74O5/c1-3-5-7-9-11-13-15-17-18-19-20-21-23-25-27-29-31-33-38(41)43-36(34-39)35-42-37(40)32-30-28-26-24-22-16-14-12-10-8-6-4-2/h36,39H,3-35H2,1-2H3/t36-/m0/s1. The minimum atomic E-state index is -0.760. The molecule has 0 radical (unpaired) electrons. The summed E-state index contributed by atoms with van der Waals surface area (Å²) in [5.41, 5.74) is 0. The highest BCUT2D eigenvalue weighted by atomic mass is 16.6. The molecule has 0 aromatic carbocycles. The lowest BCUT2D eigenvalue weighted by Gasteiger charge is -2.15. The molecular formula is C38H74O5. The van der Waals surface area contributed by atoms with Crippen molar-refractivity contribution in [3.63, 3.8) is 0 Å². The van der Waals surface area contributed by atoms with Gasteiger partial charge in [-0.15, -0.1) is 0 Å². The Morgan fingerprint density at radius 3 is 1.02 bits per heavy atom. The van der Waals surface area contributed by atoms with Crippen LogP contribution in [0.5, 0.6) is 0 Å². The molecular weight excluding hydrogens is 536 g/mol. The predicted octanol–water partition coefficient (Wildman–Crippen LogP) is 11.6. The van der Waals surface area contributed by atoms with E-state index in [9.17, 15) is 14.7 Å². The van der Waals surface area contributed by atoms with Crippen LogP contribution in [0, 0.1) is 0 Å². The lowest BCUT2D eigenvalue weighted by Crippen LogP contribution is -2.28. The second-order valence-corrected chi connectivity index (χ2v) is 13.0. The van der Waals surface area contributed by atoms with Crippen LogP contribution in [0.15, 0.2) is 0 Å². The number of aliphatic hydroxyl groups excluding tert-OH is 1. The molecule has 256 valence electrons.